The van der Waals surface area contributed by atoms with E-state index in [1.807, 2.05) is 13.8 Å². The molecule has 22 heavy (non-hydrogen) atoms. The lowest BCUT2D eigenvalue weighted by Gasteiger charge is -2.25. The molecule has 126 valence electrons. The molecule has 2 atom stereocenters. The molecular weight excluding hydrogens is 286 g/mol. The van der Waals surface area contributed by atoms with E-state index in [9.17, 15) is 14.7 Å². The molecule has 6 nitrogen and oxygen atoms in total. The molecule has 0 aromatic carbocycles. The standard InChI is InChI=1S/C16H27NO5/c1-7-21-14(19)9-8-13(18)12(10-11(2)3)17-15(20)22-16(4,5)6/h11-13,18H,7,10H2,1-6H3,(H,17,20). The van der Waals surface area contributed by atoms with Crippen LogP contribution in [0.25, 0.3) is 0 Å². The van der Waals surface area contributed by atoms with E-state index >= 15 is 0 Å². The lowest BCUT2D eigenvalue weighted by atomic mass is 9.99. The van der Waals surface area contributed by atoms with Gasteiger partial charge in [0.25, 0.3) is 0 Å². The van der Waals surface area contributed by atoms with Crippen molar-refractivity contribution in [3.05, 3.63) is 0 Å². The molecule has 0 aromatic rings. The summed E-state index contributed by atoms with van der Waals surface area (Å²) in [7, 11) is 0. The van der Waals surface area contributed by atoms with Gasteiger partial charge in [0.1, 0.15) is 11.7 Å². The van der Waals surface area contributed by atoms with Crippen LogP contribution in [0.4, 0.5) is 4.79 Å². The summed E-state index contributed by atoms with van der Waals surface area (Å²) in [5.74, 6) is 4.12. The van der Waals surface area contributed by atoms with Crippen molar-refractivity contribution in [1.82, 2.24) is 5.32 Å². The molecule has 0 spiro atoms. The molecule has 0 aliphatic rings. The maximum Gasteiger partial charge on any atom is 0.407 e. The Bertz CT molecular complexity index is 428. The zero-order chi connectivity index (χ0) is 17.3. The quantitative estimate of drug-likeness (QED) is 0.460. The minimum absolute atomic E-state index is 0.217. The second kappa shape index (κ2) is 9.31. The number of hydrogen-bond donors (Lipinski definition) is 2. The predicted molar refractivity (Wildman–Crippen MR) is 83.0 cm³/mol. The molecule has 0 aliphatic carbocycles. The predicted octanol–water partition coefficient (Wildman–Crippen LogP) is 1.85. The normalized spacial score (nSPS) is 13.6. The number of rotatable bonds is 5. The minimum atomic E-state index is -1.18. The van der Waals surface area contributed by atoms with Gasteiger partial charge in [0.05, 0.1) is 12.6 Å². The maximum absolute atomic E-state index is 11.8. The summed E-state index contributed by atoms with van der Waals surface area (Å²) in [6.07, 6.45) is -1.31. The van der Waals surface area contributed by atoms with Crippen LogP contribution in [0.2, 0.25) is 0 Å². The maximum atomic E-state index is 11.8. The summed E-state index contributed by atoms with van der Waals surface area (Å²) >= 11 is 0. The second-order valence-electron chi connectivity index (χ2n) is 6.32. The Morgan fingerprint density at radius 1 is 1.27 bits per heavy atom. The molecule has 2 N–H and O–H groups in total. The fourth-order valence-corrected chi connectivity index (χ4v) is 1.63. The molecule has 0 saturated carbocycles. The van der Waals surface area contributed by atoms with Crippen LogP contribution >= 0.6 is 0 Å². The van der Waals surface area contributed by atoms with Gasteiger partial charge in [-0.05, 0) is 40.0 Å². The molecular formula is C16H27NO5. The van der Waals surface area contributed by atoms with Crippen molar-refractivity contribution < 1.29 is 24.2 Å². The highest BCUT2D eigenvalue weighted by Crippen LogP contribution is 2.11. The van der Waals surface area contributed by atoms with E-state index in [1.165, 1.54) is 0 Å². The molecule has 0 fully saturated rings. The van der Waals surface area contributed by atoms with Crippen LogP contribution in [-0.2, 0) is 14.3 Å². The molecule has 1 amide bonds. The highest BCUT2D eigenvalue weighted by atomic mass is 16.6. The van der Waals surface area contributed by atoms with Gasteiger partial charge in [-0.15, -0.1) is 0 Å². The van der Waals surface area contributed by atoms with E-state index in [4.69, 9.17) is 4.74 Å². The van der Waals surface area contributed by atoms with E-state index in [-0.39, 0.29) is 12.5 Å². The fraction of sp³-hybridized carbons (Fsp3) is 0.750. The summed E-state index contributed by atoms with van der Waals surface area (Å²) in [6, 6.07) is -0.628. The first kappa shape index (κ1) is 20.3. The van der Waals surface area contributed by atoms with Crippen molar-refractivity contribution in [2.75, 3.05) is 6.61 Å². The number of hydrogen-bond acceptors (Lipinski definition) is 5. The molecule has 0 radical (unpaired) electrons. The smallest absolute Gasteiger partial charge is 0.407 e. The van der Waals surface area contributed by atoms with E-state index in [2.05, 4.69) is 21.9 Å². The topological polar surface area (TPSA) is 84.9 Å². The minimum Gasteiger partial charge on any atom is -0.456 e. The van der Waals surface area contributed by atoms with Crippen molar-refractivity contribution in [2.24, 2.45) is 5.92 Å². The van der Waals surface area contributed by atoms with Crippen LogP contribution < -0.4 is 5.32 Å². The van der Waals surface area contributed by atoms with Crippen LogP contribution in [0, 0.1) is 17.8 Å². The Morgan fingerprint density at radius 3 is 2.32 bits per heavy atom. The first-order valence-electron chi connectivity index (χ1n) is 7.41. The number of ether oxygens (including phenoxy) is 2. The van der Waals surface area contributed by atoms with Gasteiger partial charge in [-0.1, -0.05) is 19.8 Å². The van der Waals surface area contributed by atoms with Crippen molar-refractivity contribution >= 4 is 12.1 Å². The van der Waals surface area contributed by atoms with Gasteiger partial charge < -0.3 is 19.9 Å². The van der Waals surface area contributed by atoms with Crippen LogP contribution in [-0.4, -0.2) is 41.5 Å². The Hall–Kier alpha value is -1.74. The number of alkyl carbamates (subject to hydrolysis) is 1. The lowest BCUT2D eigenvalue weighted by Crippen LogP contribution is -2.45. The lowest BCUT2D eigenvalue weighted by molar-refractivity contribution is -0.136. The third-order valence-corrected chi connectivity index (χ3v) is 2.41. The molecule has 0 rings (SSSR count). The molecule has 0 heterocycles. The number of aliphatic hydroxyl groups excluding tert-OH is 1. The van der Waals surface area contributed by atoms with Crippen LogP contribution in [0.3, 0.4) is 0 Å². The van der Waals surface area contributed by atoms with E-state index < -0.39 is 29.8 Å². The number of amides is 1. The van der Waals surface area contributed by atoms with Crippen molar-refractivity contribution in [1.29, 1.82) is 0 Å². The summed E-state index contributed by atoms with van der Waals surface area (Å²) in [5.41, 5.74) is -0.631. The SMILES string of the molecule is CCOC(=O)C#CC(O)C(CC(C)C)NC(=O)OC(C)(C)C. The number of carbonyl (C=O) groups excluding carboxylic acids is 2. The number of carbonyl (C=O) groups is 2. The average molecular weight is 313 g/mol. The number of nitrogens with one attached hydrogen (secondary N) is 1. The Morgan fingerprint density at radius 2 is 1.86 bits per heavy atom. The molecule has 0 bridgehead atoms. The summed E-state index contributed by atoms with van der Waals surface area (Å²) in [4.78, 5) is 23.0. The summed E-state index contributed by atoms with van der Waals surface area (Å²) in [6.45, 7) is 11.0. The van der Waals surface area contributed by atoms with Gasteiger partial charge in [0.2, 0.25) is 0 Å². The third-order valence-electron chi connectivity index (χ3n) is 2.41. The molecule has 2 unspecified atom stereocenters. The van der Waals surface area contributed by atoms with Gasteiger partial charge in [0.15, 0.2) is 0 Å². The zero-order valence-corrected chi connectivity index (χ0v) is 14.2. The van der Waals surface area contributed by atoms with E-state index in [1.54, 1.807) is 27.7 Å². The van der Waals surface area contributed by atoms with Gasteiger partial charge in [0, 0.05) is 5.92 Å². The molecule has 0 saturated heterocycles. The highest BCUT2D eigenvalue weighted by Gasteiger charge is 2.24. The van der Waals surface area contributed by atoms with Gasteiger partial charge >= 0.3 is 12.1 Å². The fourth-order valence-electron chi connectivity index (χ4n) is 1.63. The van der Waals surface area contributed by atoms with Crippen molar-refractivity contribution in [2.45, 2.75) is 65.7 Å². The monoisotopic (exact) mass is 313 g/mol. The molecule has 6 heteroatoms. The van der Waals surface area contributed by atoms with Gasteiger partial charge in [-0.25, -0.2) is 9.59 Å². The van der Waals surface area contributed by atoms with Gasteiger partial charge in [-0.3, -0.25) is 0 Å². The number of esters is 1. The van der Waals surface area contributed by atoms with E-state index in [0.29, 0.717) is 6.42 Å². The zero-order valence-electron chi connectivity index (χ0n) is 14.2. The first-order chi connectivity index (χ1) is 10.0. The van der Waals surface area contributed by atoms with Crippen molar-refractivity contribution in [3.63, 3.8) is 0 Å². The van der Waals surface area contributed by atoms with Crippen LogP contribution in [0.5, 0.6) is 0 Å². The molecule has 0 aliphatic heterocycles. The second-order valence-corrected chi connectivity index (χ2v) is 6.32. The summed E-state index contributed by atoms with van der Waals surface area (Å²) < 4.78 is 9.83. The first-order valence-corrected chi connectivity index (χ1v) is 7.41. The van der Waals surface area contributed by atoms with Gasteiger partial charge in [-0.2, -0.15) is 0 Å². The third kappa shape index (κ3) is 10.1. The Balaban J connectivity index is 4.82. The molecule has 0 aromatic heterocycles. The Labute approximate surface area is 132 Å². The average Bonchev–Trinajstić information content (AvgIpc) is 2.32. The summed E-state index contributed by atoms with van der Waals surface area (Å²) in [5, 5.41) is 12.7. The van der Waals surface area contributed by atoms with Crippen LogP contribution in [0.15, 0.2) is 0 Å². The number of aliphatic hydroxyl groups is 1. The Kier molecular flexibility index (Phi) is 8.58. The largest absolute Gasteiger partial charge is 0.456 e. The van der Waals surface area contributed by atoms with Crippen molar-refractivity contribution in [3.8, 4) is 11.8 Å². The van der Waals surface area contributed by atoms with Crippen LogP contribution in [0.1, 0.15) is 48.0 Å². The highest BCUT2D eigenvalue weighted by molar-refractivity contribution is 5.88. The van der Waals surface area contributed by atoms with E-state index in [0.717, 1.165) is 0 Å².